The highest BCUT2D eigenvalue weighted by Gasteiger charge is 2.20. The van der Waals surface area contributed by atoms with Crippen molar-refractivity contribution in [1.82, 2.24) is 15.1 Å². The predicted octanol–water partition coefficient (Wildman–Crippen LogP) is 1.82. The third-order valence-electron chi connectivity index (χ3n) is 3.92. The Morgan fingerprint density at radius 3 is 2.50 bits per heavy atom. The summed E-state index contributed by atoms with van der Waals surface area (Å²) in [5.74, 6) is -0.377. The lowest BCUT2D eigenvalue weighted by atomic mass is 10.0. The van der Waals surface area contributed by atoms with E-state index in [1.54, 1.807) is 24.3 Å². The van der Waals surface area contributed by atoms with Crippen LogP contribution in [0.2, 0.25) is 0 Å². The normalized spacial score (nSPS) is 13.7. The highest BCUT2D eigenvalue weighted by Crippen LogP contribution is 2.16. The minimum atomic E-state index is -1.14. The van der Waals surface area contributed by atoms with Gasteiger partial charge in [0.05, 0.1) is 5.69 Å². The molecule has 2 rings (SSSR count). The van der Waals surface area contributed by atoms with E-state index >= 15 is 0 Å². The Labute approximate surface area is 131 Å². The molecule has 1 aromatic heterocycles. The first-order valence-electron chi connectivity index (χ1n) is 7.42. The van der Waals surface area contributed by atoms with Crippen LogP contribution >= 0.6 is 0 Å². The van der Waals surface area contributed by atoms with Crippen LogP contribution < -0.4 is 5.32 Å². The Morgan fingerprint density at radius 1 is 1.32 bits per heavy atom. The van der Waals surface area contributed by atoms with Gasteiger partial charge >= 0.3 is 0 Å². The smallest absolute Gasteiger partial charge is 0.253 e. The Bertz CT molecular complexity index is 649. The summed E-state index contributed by atoms with van der Waals surface area (Å²) in [5.41, 5.74) is 3.82. The van der Waals surface area contributed by atoms with Gasteiger partial charge in [0.15, 0.2) is 6.10 Å². The molecule has 5 nitrogen and oxygen atoms in total. The molecule has 0 fully saturated rings. The van der Waals surface area contributed by atoms with Gasteiger partial charge in [0, 0.05) is 18.8 Å². The first kappa shape index (κ1) is 16.2. The number of hydrogen-bond acceptors (Lipinski definition) is 3. The molecule has 0 saturated heterocycles. The minimum absolute atomic E-state index is 0.0764. The van der Waals surface area contributed by atoms with Crippen molar-refractivity contribution in [3.8, 4) is 0 Å². The molecule has 1 aromatic carbocycles. The topological polar surface area (TPSA) is 67.2 Å². The fourth-order valence-corrected chi connectivity index (χ4v) is 2.58. The van der Waals surface area contributed by atoms with Crippen molar-refractivity contribution in [2.45, 2.75) is 39.3 Å². The number of nitrogens with one attached hydrogen (secondary N) is 1. The number of hydrogen-bond donors (Lipinski definition) is 2. The van der Waals surface area contributed by atoms with E-state index in [0.717, 1.165) is 17.0 Å². The average molecular weight is 301 g/mol. The van der Waals surface area contributed by atoms with E-state index in [1.807, 2.05) is 38.6 Å². The highest BCUT2D eigenvalue weighted by atomic mass is 16.3. The Morgan fingerprint density at radius 2 is 1.95 bits per heavy atom. The summed E-state index contributed by atoms with van der Waals surface area (Å²) in [6.45, 7) is 5.92. The zero-order chi connectivity index (χ0) is 16.3. The number of nitrogens with zero attached hydrogens (tertiary/aromatic N) is 2. The Balaban J connectivity index is 2.00. The van der Waals surface area contributed by atoms with Gasteiger partial charge in [0.25, 0.3) is 5.91 Å². The second-order valence-electron chi connectivity index (χ2n) is 5.70. The molecule has 5 heteroatoms. The van der Waals surface area contributed by atoms with Crippen molar-refractivity contribution >= 4 is 5.91 Å². The first-order chi connectivity index (χ1) is 10.4. The van der Waals surface area contributed by atoms with Gasteiger partial charge in [-0.15, -0.1) is 0 Å². The van der Waals surface area contributed by atoms with Crippen LogP contribution in [0.15, 0.2) is 30.3 Å². The van der Waals surface area contributed by atoms with E-state index < -0.39 is 6.10 Å². The van der Waals surface area contributed by atoms with Gasteiger partial charge in [-0.25, -0.2) is 0 Å². The van der Waals surface area contributed by atoms with Crippen molar-refractivity contribution in [1.29, 1.82) is 0 Å². The number of aromatic nitrogens is 2. The van der Waals surface area contributed by atoms with Crippen LogP contribution in [-0.4, -0.2) is 26.8 Å². The summed E-state index contributed by atoms with van der Waals surface area (Å²) in [7, 11) is 1.91. The number of aryl methyl sites for hydroxylation is 2. The van der Waals surface area contributed by atoms with Crippen LogP contribution in [0.25, 0.3) is 0 Å². The van der Waals surface area contributed by atoms with Gasteiger partial charge in [0.1, 0.15) is 0 Å². The van der Waals surface area contributed by atoms with Crippen molar-refractivity contribution < 1.29 is 9.90 Å². The number of carbonyl (C=O) groups excluding carboxylic acids is 1. The summed E-state index contributed by atoms with van der Waals surface area (Å²) < 4.78 is 1.85. The number of benzene rings is 1. The molecule has 2 atom stereocenters. The largest absolute Gasteiger partial charge is 0.378 e. The number of rotatable bonds is 5. The molecule has 2 N–H and O–H groups in total. The third kappa shape index (κ3) is 3.54. The quantitative estimate of drug-likeness (QED) is 0.885. The number of carbonyl (C=O) groups is 1. The maximum atomic E-state index is 12.1. The lowest BCUT2D eigenvalue weighted by Gasteiger charge is -2.17. The molecule has 0 bridgehead atoms. The number of aliphatic hydroxyl groups excluding tert-OH is 1. The fraction of sp³-hybridized carbons (Fsp3) is 0.412. The molecule has 2 aromatic rings. The molecule has 0 aliphatic heterocycles. The van der Waals surface area contributed by atoms with Crippen molar-refractivity contribution in [2.24, 2.45) is 7.05 Å². The van der Waals surface area contributed by atoms with Gasteiger partial charge in [-0.05, 0) is 38.3 Å². The summed E-state index contributed by atoms with van der Waals surface area (Å²) in [5, 5.41) is 17.3. The van der Waals surface area contributed by atoms with Crippen molar-refractivity contribution in [3.63, 3.8) is 0 Å². The molecule has 0 saturated carbocycles. The number of aliphatic hydroxyl groups is 1. The van der Waals surface area contributed by atoms with E-state index in [2.05, 4.69) is 10.4 Å². The maximum absolute atomic E-state index is 12.1. The van der Waals surface area contributed by atoms with Gasteiger partial charge in [0.2, 0.25) is 0 Å². The molecular weight excluding hydrogens is 278 g/mol. The first-order valence-corrected chi connectivity index (χ1v) is 7.42. The number of amides is 1. The zero-order valence-corrected chi connectivity index (χ0v) is 13.5. The van der Waals surface area contributed by atoms with Gasteiger partial charge in [-0.2, -0.15) is 5.10 Å². The van der Waals surface area contributed by atoms with E-state index in [4.69, 9.17) is 0 Å². The van der Waals surface area contributed by atoms with Crippen LogP contribution in [0.4, 0.5) is 0 Å². The lowest BCUT2D eigenvalue weighted by molar-refractivity contribution is -0.130. The molecule has 118 valence electrons. The van der Waals surface area contributed by atoms with E-state index in [0.29, 0.717) is 12.0 Å². The summed E-state index contributed by atoms with van der Waals surface area (Å²) in [6.07, 6.45) is -0.446. The minimum Gasteiger partial charge on any atom is -0.378 e. The van der Waals surface area contributed by atoms with Crippen molar-refractivity contribution in [2.75, 3.05) is 0 Å². The standard InChI is InChI=1S/C17H23N3O2/c1-11(10-15-12(2)19-20(4)13(15)3)18-17(22)16(21)14-8-6-5-7-9-14/h5-9,11,16,21H,10H2,1-4H3,(H,18,22). The fourth-order valence-electron chi connectivity index (χ4n) is 2.58. The molecule has 1 heterocycles. The van der Waals surface area contributed by atoms with E-state index in [9.17, 15) is 9.90 Å². The summed E-state index contributed by atoms with van der Waals surface area (Å²) in [6, 6.07) is 8.86. The highest BCUT2D eigenvalue weighted by molar-refractivity contribution is 5.82. The molecule has 0 aliphatic carbocycles. The van der Waals surface area contributed by atoms with Crippen LogP contribution in [0.3, 0.4) is 0 Å². The maximum Gasteiger partial charge on any atom is 0.253 e. The molecular formula is C17H23N3O2. The van der Waals surface area contributed by atoms with E-state index in [1.165, 1.54) is 0 Å². The zero-order valence-electron chi connectivity index (χ0n) is 13.5. The Kier molecular flexibility index (Phi) is 4.98. The summed E-state index contributed by atoms with van der Waals surface area (Å²) >= 11 is 0. The van der Waals surface area contributed by atoms with Gasteiger partial charge < -0.3 is 10.4 Å². The van der Waals surface area contributed by atoms with E-state index in [-0.39, 0.29) is 11.9 Å². The summed E-state index contributed by atoms with van der Waals surface area (Å²) in [4.78, 5) is 12.1. The molecule has 22 heavy (non-hydrogen) atoms. The SMILES string of the molecule is Cc1nn(C)c(C)c1CC(C)NC(=O)C(O)c1ccccc1. The van der Waals surface area contributed by atoms with Crippen LogP contribution in [0.5, 0.6) is 0 Å². The van der Waals surface area contributed by atoms with Crippen molar-refractivity contribution in [3.05, 3.63) is 52.8 Å². The predicted molar refractivity (Wildman–Crippen MR) is 85.4 cm³/mol. The Hall–Kier alpha value is -2.14. The van der Waals surface area contributed by atoms with Crippen LogP contribution in [-0.2, 0) is 18.3 Å². The van der Waals surface area contributed by atoms with Gasteiger partial charge in [-0.1, -0.05) is 30.3 Å². The lowest BCUT2D eigenvalue weighted by Crippen LogP contribution is -2.37. The second-order valence-corrected chi connectivity index (χ2v) is 5.70. The third-order valence-corrected chi connectivity index (χ3v) is 3.92. The monoisotopic (exact) mass is 301 g/mol. The molecule has 2 unspecified atom stereocenters. The second kappa shape index (κ2) is 6.75. The van der Waals surface area contributed by atoms with Crippen LogP contribution in [0.1, 0.15) is 35.5 Å². The van der Waals surface area contributed by atoms with Crippen LogP contribution in [0, 0.1) is 13.8 Å². The average Bonchev–Trinajstić information content (AvgIpc) is 2.73. The molecule has 0 aliphatic rings. The molecule has 1 amide bonds. The van der Waals surface area contributed by atoms with Gasteiger partial charge in [-0.3, -0.25) is 9.48 Å². The molecule has 0 radical (unpaired) electrons. The molecule has 0 spiro atoms.